The first kappa shape index (κ1) is 10.7. The molecule has 82 valence electrons. The van der Waals surface area contributed by atoms with Crippen LogP contribution in [0.2, 0.25) is 0 Å². The van der Waals surface area contributed by atoms with E-state index in [0.29, 0.717) is 5.82 Å². The van der Waals surface area contributed by atoms with E-state index in [9.17, 15) is 4.39 Å². The van der Waals surface area contributed by atoms with E-state index in [1.54, 1.807) is 30.6 Å². The molecule has 2 rings (SSSR count). The molecule has 0 amide bonds. The molecule has 1 atom stereocenters. The molecule has 16 heavy (non-hydrogen) atoms. The molecule has 0 radical (unpaired) electrons. The highest BCUT2D eigenvalue weighted by molar-refractivity contribution is 5.24. The Hall–Kier alpha value is -1.81. The fraction of sp³-hybridized carbons (Fsp3) is 0.167. The average Bonchev–Trinajstić information content (AvgIpc) is 2.34. The first-order valence-electron chi connectivity index (χ1n) is 5.01. The Morgan fingerprint density at radius 2 is 1.75 bits per heavy atom. The van der Waals surface area contributed by atoms with Gasteiger partial charge in [0.2, 0.25) is 0 Å². The van der Waals surface area contributed by atoms with Crippen LogP contribution in [-0.2, 0) is 0 Å². The van der Waals surface area contributed by atoms with Crippen LogP contribution in [0, 0.1) is 5.82 Å². The number of hydrogen-bond acceptors (Lipinski definition) is 3. The van der Waals surface area contributed by atoms with Gasteiger partial charge in [0, 0.05) is 12.4 Å². The number of rotatable bonds is 3. The van der Waals surface area contributed by atoms with Crippen molar-refractivity contribution in [2.45, 2.75) is 6.04 Å². The molecule has 0 saturated carbocycles. The second-order valence-electron chi connectivity index (χ2n) is 3.38. The quantitative estimate of drug-likeness (QED) is 0.853. The summed E-state index contributed by atoms with van der Waals surface area (Å²) in [6.07, 6.45) is 3.38. The summed E-state index contributed by atoms with van der Waals surface area (Å²) in [5.41, 5.74) is 0.940. The van der Waals surface area contributed by atoms with E-state index in [1.165, 1.54) is 12.1 Å². The molecular weight excluding hydrogens is 205 g/mol. The predicted octanol–water partition coefficient (Wildman–Crippen LogP) is 1.92. The lowest BCUT2D eigenvalue weighted by Gasteiger charge is -2.14. The van der Waals surface area contributed by atoms with E-state index in [-0.39, 0.29) is 11.9 Å². The summed E-state index contributed by atoms with van der Waals surface area (Å²) in [5.74, 6) is 0.434. The predicted molar refractivity (Wildman–Crippen MR) is 59.3 cm³/mol. The average molecular weight is 217 g/mol. The third-order valence-electron chi connectivity index (χ3n) is 2.34. The number of benzene rings is 1. The van der Waals surface area contributed by atoms with Crippen molar-refractivity contribution in [3.63, 3.8) is 0 Å². The van der Waals surface area contributed by atoms with E-state index < -0.39 is 0 Å². The SMILES string of the molecule is CN[C@H](c1ccc(F)cc1)c1ncccn1. The van der Waals surface area contributed by atoms with Gasteiger partial charge in [-0.05, 0) is 30.8 Å². The van der Waals surface area contributed by atoms with Crippen molar-refractivity contribution in [2.75, 3.05) is 7.05 Å². The van der Waals surface area contributed by atoms with Gasteiger partial charge >= 0.3 is 0 Å². The maximum atomic E-state index is 12.8. The van der Waals surface area contributed by atoms with Crippen molar-refractivity contribution in [1.82, 2.24) is 15.3 Å². The monoisotopic (exact) mass is 217 g/mol. The Balaban J connectivity index is 2.33. The zero-order valence-corrected chi connectivity index (χ0v) is 8.89. The number of hydrogen-bond donors (Lipinski definition) is 1. The van der Waals surface area contributed by atoms with Gasteiger partial charge in [-0.25, -0.2) is 14.4 Å². The molecule has 1 N–H and O–H groups in total. The van der Waals surface area contributed by atoms with Crippen LogP contribution < -0.4 is 5.32 Å². The standard InChI is InChI=1S/C12H12FN3/c1-14-11(12-15-7-2-8-16-12)9-3-5-10(13)6-4-9/h2-8,11,14H,1H3/t11-/m1/s1. The molecule has 0 spiro atoms. The first-order chi connectivity index (χ1) is 7.81. The van der Waals surface area contributed by atoms with Crippen LogP contribution in [0.4, 0.5) is 4.39 Å². The first-order valence-corrected chi connectivity index (χ1v) is 5.01. The second kappa shape index (κ2) is 4.81. The second-order valence-corrected chi connectivity index (χ2v) is 3.38. The zero-order chi connectivity index (χ0) is 11.4. The molecule has 3 nitrogen and oxygen atoms in total. The van der Waals surface area contributed by atoms with Gasteiger partial charge in [-0.1, -0.05) is 12.1 Å². The molecule has 0 bridgehead atoms. The van der Waals surface area contributed by atoms with Crippen LogP contribution in [-0.4, -0.2) is 17.0 Å². The van der Waals surface area contributed by atoms with Gasteiger partial charge in [0.25, 0.3) is 0 Å². The largest absolute Gasteiger partial charge is 0.307 e. The van der Waals surface area contributed by atoms with Crippen molar-refractivity contribution in [2.24, 2.45) is 0 Å². The van der Waals surface area contributed by atoms with Gasteiger partial charge in [-0.15, -0.1) is 0 Å². The molecule has 0 aliphatic rings. The number of aromatic nitrogens is 2. The Kier molecular flexibility index (Phi) is 3.22. The van der Waals surface area contributed by atoms with E-state index in [0.717, 1.165) is 5.56 Å². The maximum Gasteiger partial charge on any atom is 0.149 e. The highest BCUT2D eigenvalue weighted by atomic mass is 19.1. The van der Waals surface area contributed by atoms with Crippen LogP contribution in [0.25, 0.3) is 0 Å². The minimum Gasteiger partial charge on any atom is -0.307 e. The normalized spacial score (nSPS) is 12.4. The summed E-state index contributed by atoms with van der Waals surface area (Å²) in [7, 11) is 1.82. The molecule has 1 aromatic carbocycles. The van der Waals surface area contributed by atoms with E-state index in [1.807, 2.05) is 7.05 Å². The van der Waals surface area contributed by atoms with Crippen molar-refractivity contribution < 1.29 is 4.39 Å². The fourth-order valence-corrected chi connectivity index (χ4v) is 1.56. The van der Waals surface area contributed by atoms with Crippen LogP contribution in [0.3, 0.4) is 0 Å². The summed E-state index contributed by atoms with van der Waals surface area (Å²) in [5, 5.41) is 3.11. The molecule has 0 aliphatic carbocycles. The van der Waals surface area contributed by atoms with Crippen molar-refractivity contribution in [3.05, 3.63) is 59.9 Å². The smallest absolute Gasteiger partial charge is 0.149 e. The third kappa shape index (κ3) is 2.23. The van der Waals surface area contributed by atoms with Gasteiger partial charge in [0.15, 0.2) is 0 Å². The molecule has 0 fully saturated rings. The molecule has 1 heterocycles. The molecule has 0 unspecified atom stereocenters. The molecule has 2 aromatic rings. The lowest BCUT2D eigenvalue weighted by Crippen LogP contribution is -2.20. The van der Waals surface area contributed by atoms with Crippen LogP contribution in [0.1, 0.15) is 17.4 Å². The van der Waals surface area contributed by atoms with Crippen molar-refractivity contribution in [1.29, 1.82) is 0 Å². The maximum absolute atomic E-state index is 12.8. The fourth-order valence-electron chi connectivity index (χ4n) is 1.56. The number of nitrogens with one attached hydrogen (secondary N) is 1. The summed E-state index contributed by atoms with van der Waals surface area (Å²) < 4.78 is 12.8. The van der Waals surface area contributed by atoms with Crippen LogP contribution >= 0.6 is 0 Å². The molecular formula is C12H12FN3. The van der Waals surface area contributed by atoms with Crippen LogP contribution in [0.5, 0.6) is 0 Å². The van der Waals surface area contributed by atoms with Gasteiger partial charge in [-0.2, -0.15) is 0 Å². The Morgan fingerprint density at radius 1 is 1.12 bits per heavy atom. The third-order valence-corrected chi connectivity index (χ3v) is 2.34. The topological polar surface area (TPSA) is 37.8 Å². The lowest BCUT2D eigenvalue weighted by atomic mass is 10.1. The van der Waals surface area contributed by atoms with E-state index in [2.05, 4.69) is 15.3 Å². The highest BCUT2D eigenvalue weighted by Gasteiger charge is 2.13. The summed E-state index contributed by atoms with van der Waals surface area (Å²) in [6, 6.07) is 7.98. The minimum absolute atomic E-state index is 0.109. The van der Waals surface area contributed by atoms with Gasteiger partial charge in [0.05, 0.1) is 6.04 Å². The summed E-state index contributed by atoms with van der Waals surface area (Å²) >= 11 is 0. The number of halogens is 1. The van der Waals surface area contributed by atoms with E-state index >= 15 is 0 Å². The van der Waals surface area contributed by atoms with Crippen molar-refractivity contribution in [3.8, 4) is 0 Å². The van der Waals surface area contributed by atoms with E-state index in [4.69, 9.17) is 0 Å². The Bertz CT molecular complexity index is 442. The minimum atomic E-state index is -0.243. The highest BCUT2D eigenvalue weighted by Crippen LogP contribution is 2.17. The Morgan fingerprint density at radius 3 is 2.31 bits per heavy atom. The summed E-state index contributed by atoms with van der Waals surface area (Å²) in [4.78, 5) is 8.36. The lowest BCUT2D eigenvalue weighted by molar-refractivity contribution is 0.618. The molecule has 1 aromatic heterocycles. The zero-order valence-electron chi connectivity index (χ0n) is 8.89. The summed E-state index contributed by atoms with van der Waals surface area (Å²) in [6.45, 7) is 0. The number of nitrogens with zero attached hydrogens (tertiary/aromatic N) is 2. The molecule has 4 heteroatoms. The molecule has 0 aliphatic heterocycles. The van der Waals surface area contributed by atoms with Gasteiger partial charge in [-0.3, -0.25) is 0 Å². The van der Waals surface area contributed by atoms with Gasteiger partial charge in [0.1, 0.15) is 11.6 Å². The van der Waals surface area contributed by atoms with Gasteiger partial charge < -0.3 is 5.32 Å². The Labute approximate surface area is 93.4 Å². The van der Waals surface area contributed by atoms with Crippen molar-refractivity contribution >= 4 is 0 Å². The molecule has 0 saturated heterocycles. The van der Waals surface area contributed by atoms with Crippen LogP contribution in [0.15, 0.2) is 42.7 Å².